The van der Waals surface area contributed by atoms with Crippen molar-refractivity contribution in [2.24, 2.45) is 5.92 Å². The molecule has 2 amide bonds. The van der Waals surface area contributed by atoms with Crippen LogP contribution in [-0.2, 0) is 14.3 Å². The Labute approximate surface area is 195 Å². The molecule has 3 aliphatic rings. The van der Waals surface area contributed by atoms with Gasteiger partial charge in [0.05, 0.1) is 10.8 Å². The molecule has 1 spiro atoms. The summed E-state index contributed by atoms with van der Waals surface area (Å²) < 4.78 is 17.2. The second-order valence-corrected chi connectivity index (χ2v) is 9.63. The van der Waals surface area contributed by atoms with Gasteiger partial charge >= 0.3 is 5.97 Å². The van der Waals surface area contributed by atoms with E-state index in [0.717, 1.165) is 25.7 Å². The van der Waals surface area contributed by atoms with Crippen LogP contribution in [0.4, 0.5) is 5.69 Å². The molecule has 2 fully saturated rings. The standard InChI is InChI=1S/C24H26N2O6S/c27-21(25-17-5-6-18-19(14-17)32-24(31-18)9-1-2-10-24)15-30-23(29)16-7-11-26(12-8-16)22(28)20-4-3-13-33-20/h3-6,13-14,16H,1-2,7-12,15H2,(H,25,27). The van der Waals surface area contributed by atoms with Crippen molar-refractivity contribution in [3.63, 3.8) is 0 Å². The molecule has 9 heteroatoms. The molecule has 3 heterocycles. The van der Waals surface area contributed by atoms with Crippen molar-refractivity contribution in [2.75, 3.05) is 25.0 Å². The first kappa shape index (κ1) is 21.8. The van der Waals surface area contributed by atoms with Crippen molar-refractivity contribution >= 4 is 34.8 Å². The number of hydrogen-bond acceptors (Lipinski definition) is 7. The average Bonchev–Trinajstić information content (AvgIpc) is 3.58. The Morgan fingerprint density at radius 3 is 2.58 bits per heavy atom. The van der Waals surface area contributed by atoms with Gasteiger partial charge in [-0.2, -0.15) is 0 Å². The molecule has 1 saturated heterocycles. The predicted molar refractivity (Wildman–Crippen MR) is 121 cm³/mol. The molecule has 1 N–H and O–H groups in total. The highest BCUT2D eigenvalue weighted by atomic mass is 32.1. The Bertz CT molecular complexity index is 1040. The summed E-state index contributed by atoms with van der Waals surface area (Å²) in [6, 6.07) is 8.93. The number of esters is 1. The summed E-state index contributed by atoms with van der Waals surface area (Å²) in [5.41, 5.74) is 0.564. The minimum atomic E-state index is -0.551. The Morgan fingerprint density at radius 1 is 1.09 bits per heavy atom. The summed E-state index contributed by atoms with van der Waals surface area (Å²) in [5.74, 6) is -0.368. The smallest absolute Gasteiger partial charge is 0.309 e. The van der Waals surface area contributed by atoms with Gasteiger partial charge in [-0.15, -0.1) is 11.3 Å². The maximum absolute atomic E-state index is 12.4. The van der Waals surface area contributed by atoms with Gasteiger partial charge in [-0.1, -0.05) is 6.07 Å². The summed E-state index contributed by atoms with van der Waals surface area (Å²) in [4.78, 5) is 39.6. The number of benzene rings is 1. The first-order chi connectivity index (χ1) is 16.0. The number of nitrogens with zero attached hydrogens (tertiary/aromatic N) is 1. The molecule has 1 aromatic carbocycles. The van der Waals surface area contributed by atoms with E-state index in [9.17, 15) is 14.4 Å². The monoisotopic (exact) mass is 470 g/mol. The molecular formula is C24H26N2O6S. The van der Waals surface area contributed by atoms with Gasteiger partial charge in [0, 0.05) is 37.7 Å². The maximum atomic E-state index is 12.4. The molecule has 1 saturated carbocycles. The van der Waals surface area contributed by atoms with Crippen LogP contribution in [0.3, 0.4) is 0 Å². The number of rotatable bonds is 5. The van der Waals surface area contributed by atoms with Crippen LogP contribution < -0.4 is 14.8 Å². The van der Waals surface area contributed by atoms with Crippen molar-refractivity contribution in [2.45, 2.75) is 44.3 Å². The normalized spacial score (nSPS) is 19.0. The number of ether oxygens (including phenoxy) is 3. The molecule has 2 aliphatic heterocycles. The average molecular weight is 471 g/mol. The van der Waals surface area contributed by atoms with E-state index in [0.29, 0.717) is 48.0 Å². The van der Waals surface area contributed by atoms with Gasteiger partial charge < -0.3 is 24.4 Å². The fraction of sp³-hybridized carbons (Fsp3) is 0.458. The van der Waals surface area contributed by atoms with Crippen molar-refractivity contribution in [1.29, 1.82) is 0 Å². The number of carbonyl (C=O) groups excluding carboxylic acids is 3. The molecule has 0 unspecified atom stereocenters. The van der Waals surface area contributed by atoms with E-state index < -0.39 is 17.7 Å². The molecule has 2 aromatic rings. The SMILES string of the molecule is O=C(COC(=O)C1CCN(C(=O)c2cccs2)CC1)Nc1ccc2c(c1)OC1(CCCC1)O2. The topological polar surface area (TPSA) is 94.2 Å². The Kier molecular flexibility index (Phi) is 5.97. The lowest BCUT2D eigenvalue weighted by molar-refractivity contribution is -0.152. The summed E-state index contributed by atoms with van der Waals surface area (Å²) in [5, 5.41) is 4.62. The molecule has 8 nitrogen and oxygen atoms in total. The van der Waals surface area contributed by atoms with Crippen LogP contribution in [0, 0.1) is 5.92 Å². The first-order valence-electron chi connectivity index (χ1n) is 11.3. The lowest BCUT2D eigenvalue weighted by Gasteiger charge is -2.30. The number of carbonyl (C=O) groups is 3. The highest BCUT2D eigenvalue weighted by Gasteiger charge is 2.44. The molecular weight excluding hydrogens is 444 g/mol. The number of amides is 2. The summed E-state index contributed by atoms with van der Waals surface area (Å²) >= 11 is 1.41. The molecule has 1 aromatic heterocycles. The highest BCUT2D eigenvalue weighted by molar-refractivity contribution is 7.12. The quantitative estimate of drug-likeness (QED) is 0.668. The predicted octanol–water partition coefficient (Wildman–Crippen LogP) is 3.82. The van der Waals surface area contributed by atoms with Crippen molar-refractivity contribution < 1.29 is 28.6 Å². The number of fused-ring (bicyclic) bond motifs is 1. The highest BCUT2D eigenvalue weighted by Crippen LogP contribution is 2.47. The number of hydrogen-bond donors (Lipinski definition) is 1. The van der Waals surface area contributed by atoms with E-state index in [1.54, 1.807) is 29.2 Å². The molecule has 5 rings (SSSR count). The lowest BCUT2D eigenvalue weighted by Crippen LogP contribution is -2.40. The minimum absolute atomic E-state index is 0.00114. The zero-order valence-corrected chi connectivity index (χ0v) is 19.0. The second-order valence-electron chi connectivity index (χ2n) is 8.68. The van der Waals surface area contributed by atoms with Crippen LogP contribution in [0.15, 0.2) is 35.7 Å². The summed E-state index contributed by atoms with van der Waals surface area (Å²) in [6.45, 7) is 0.647. The second kappa shape index (κ2) is 9.05. The fourth-order valence-corrected chi connectivity index (χ4v) is 5.31. The molecule has 174 valence electrons. The zero-order chi connectivity index (χ0) is 22.8. The molecule has 1 aliphatic carbocycles. The largest absolute Gasteiger partial charge is 0.455 e. The van der Waals surface area contributed by atoms with Crippen molar-refractivity contribution in [3.05, 3.63) is 40.6 Å². The van der Waals surface area contributed by atoms with Gasteiger partial charge in [0.15, 0.2) is 18.1 Å². The third-order valence-corrected chi connectivity index (χ3v) is 7.24. The number of anilines is 1. The Balaban J connectivity index is 1.07. The van der Waals surface area contributed by atoms with Gasteiger partial charge in [-0.25, -0.2) is 0 Å². The first-order valence-corrected chi connectivity index (χ1v) is 12.2. The van der Waals surface area contributed by atoms with Crippen molar-refractivity contribution in [1.82, 2.24) is 4.90 Å². The van der Waals surface area contributed by atoms with Gasteiger partial charge in [0.1, 0.15) is 0 Å². The van der Waals surface area contributed by atoms with E-state index in [4.69, 9.17) is 14.2 Å². The van der Waals surface area contributed by atoms with Gasteiger partial charge in [-0.3, -0.25) is 14.4 Å². The maximum Gasteiger partial charge on any atom is 0.309 e. The van der Waals surface area contributed by atoms with E-state index in [1.807, 2.05) is 11.4 Å². The van der Waals surface area contributed by atoms with Gasteiger partial charge in [0.25, 0.3) is 17.6 Å². The third kappa shape index (κ3) is 4.68. The van der Waals surface area contributed by atoms with E-state index >= 15 is 0 Å². The summed E-state index contributed by atoms with van der Waals surface area (Å²) in [6.07, 6.45) is 4.93. The number of nitrogens with one attached hydrogen (secondary N) is 1. The van der Waals surface area contributed by atoms with Crippen LogP contribution in [0.5, 0.6) is 11.5 Å². The fourth-order valence-electron chi connectivity index (χ4n) is 4.62. The van der Waals surface area contributed by atoms with Crippen LogP contribution >= 0.6 is 11.3 Å². The summed E-state index contributed by atoms with van der Waals surface area (Å²) in [7, 11) is 0. The van der Waals surface area contributed by atoms with Crippen LogP contribution in [-0.4, -0.2) is 48.2 Å². The van der Waals surface area contributed by atoms with Crippen molar-refractivity contribution in [3.8, 4) is 11.5 Å². The van der Waals surface area contributed by atoms with Crippen LogP contribution in [0.25, 0.3) is 0 Å². The Hall–Kier alpha value is -3.07. The number of likely N-dealkylation sites (tertiary alicyclic amines) is 1. The Morgan fingerprint density at radius 2 is 1.85 bits per heavy atom. The molecule has 33 heavy (non-hydrogen) atoms. The molecule has 0 atom stereocenters. The van der Waals surface area contributed by atoms with Gasteiger partial charge in [-0.05, 0) is 49.3 Å². The zero-order valence-electron chi connectivity index (χ0n) is 18.2. The van der Waals surface area contributed by atoms with E-state index in [2.05, 4.69) is 5.32 Å². The number of thiophene rings is 1. The minimum Gasteiger partial charge on any atom is -0.455 e. The van der Waals surface area contributed by atoms with Gasteiger partial charge in [0.2, 0.25) is 0 Å². The van der Waals surface area contributed by atoms with Crippen LogP contribution in [0.2, 0.25) is 0 Å². The number of piperidine rings is 1. The molecule has 0 bridgehead atoms. The third-order valence-electron chi connectivity index (χ3n) is 6.38. The van der Waals surface area contributed by atoms with Crippen LogP contribution in [0.1, 0.15) is 48.2 Å². The van der Waals surface area contributed by atoms with E-state index in [1.165, 1.54) is 11.3 Å². The lowest BCUT2D eigenvalue weighted by atomic mass is 9.97. The molecule has 0 radical (unpaired) electrons. The van der Waals surface area contributed by atoms with E-state index in [-0.39, 0.29) is 18.4 Å².